The lowest BCUT2D eigenvalue weighted by Crippen LogP contribution is -2.23. The highest BCUT2D eigenvalue weighted by atomic mass is 19.1. The average Bonchev–Trinajstić information content (AvgIpc) is 2.70. The van der Waals surface area contributed by atoms with Gasteiger partial charge in [-0.2, -0.15) is 0 Å². The molecule has 0 spiro atoms. The molecule has 12 heavy (non-hydrogen) atoms. The number of hydrogen-bond acceptors (Lipinski definition) is 1. The van der Waals surface area contributed by atoms with Gasteiger partial charge in [0.1, 0.15) is 5.83 Å². The molecule has 0 aliphatic heterocycles. The molecule has 0 aromatic carbocycles. The molecule has 1 aliphatic rings. The quantitative estimate of drug-likeness (QED) is 0.585. The molecule has 0 N–H and O–H groups in total. The zero-order valence-electron chi connectivity index (χ0n) is 7.81. The maximum absolute atomic E-state index is 12.4. The molecular weight excluding hydrogens is 153 g/mol. The summed E-state index contributed by atoms with van der Waals surface area (Å²) in [6.07, 6.45) is 4.00. The Balaban J connectivity index is 2.57. The molecule has 0 unspecified atom stereocenters. The first-order valence-corrected chi connectivity index (χ1v) is 4.44. The Kier molecular flexibility index (Phi) is 2.90. The van der Waals surface area contributed by atoms with E-state index in [9.17, 15) is 4.39 Å². The molecule has 0 aromatic heterocycles. The number of allylic oxidation sites excluding steroid dienone is 3. The van der Waals surface area contributed by atoms with Gasteiger partial charge < -0.3 is 4.90 Å². The third-order valence-electron chi connectivity index (χ3n) is 2.15. The number of halogens is 1. The van der Waals surface area contributed by atoms with Gasteiger partial charge in [0.15, 0.2) is 0 Å². The van der Waals surface area contributed by atoms with Crippen molar-refractivity contribution in [2.24, 2.45) is 0 Å². The van der Waals surface area contributed by atoms with Gasteiger partial charge >= 0.3 is 0 Å². The van der Waals surface area contributed by atoms with Crippen LogP contribution in [0.5, 0.6) is 0 Å². The van der Waals surface area contributed by atoms with E-state index < -0.39 is 0 Å². The van der Waals surface area contributed by atoms with Crippen molar-refractivity contribution in [2.45, 2.75) is 32.7 Å². The normalized spacial score (nSPS) is 17.8. The largest absolute Gasteiger partial charge is 0.372 e. The van der Waals surface area contributed by atoms with Crippen LogP contribution >= 0.6 is 0 Å². The lowest BCUT2D eigenvalue weighted by molar-refractivity contribution is 0.352. The number of rotatable bonds is 4. The highest BCUT2D eigenvalue weighted by Crippen LogP contribution is 2.29. The molecule has 1 rings (SSSR count). The topological polar surface area (TPSA) is 3.24 Å². The maximum atomic E-state index is 12.4. The fourth-order valence-corrected chi connectivity index (χ4v) is 1.49. The van der Waals surface area contributed by atoms with Crippen molar-refractivity contribution in [2.75, 3.05) is 6.54 Å². The second-order valence-corrected chi connectivity index (χ2v) is 3.25. The zero-order chi connectivity index (χ0) is 9.14. The van der Waals surface area contributed by atoms with E-state index in [1.54, 1.807) is 0 Å². The first-order chi connectivity index (χ1) is 5.65. The van der Waals surface area contributed by atoms with Crippen LogP contribution in [0, 0.1) is 0 Å². The van der Waals surface area contributed by atoms with Crippen LogP contribution in [-0.4, -0.2) is 17.5 Å². The number of hydrogen-bond donors (Lipinski definition) is 0. The summed E-state index contributed by atoms with van der Waals surface area (Å²) in [7, 11) is 0. The van der Waals surface area contributed by atoms with Crippen molar-refractivity contribution in [1.29, 1.82) is 0 Å². The maximum Gasteiger partial charge on any atom is 0.117 e. The molecule has 1 fully saturated rings. The summed E-state index contributed by atoms with van der Waals surface area (Å²) in [6.45, 7) is 8.21. The molecular formula is C10H16FN. The summed E-state index contributed by atoms with van der Waals surface area (Å²) in [4.78, 5) is 2.23. The van der Waals surface area contributed by atoms with Crippen molar-refractivity contribution >= 4 is 0 Å². The summed E-state index contributed by atoms with van der Waals surface area (Å²) in [5.41, 5.74) is 0.993. The Bertz CT molecular complexity index is 204. The average molecular weight is 169 g/mol. The summed E-state index contributed by atoms with van der Waals surface area (Å²) in [6, 6.07) is 0.658. The lowest BCUT2D eigenvalue weighted by atomic mass is 10.3. The summed E-state index contributed by atoms with van der Waals surface area (Å²) < 4.78 is 12.4. The van der Waals surface area contributed by atoms with Crippen LogP contribution in [0.4, 0.5) is 4.39 Å². The second-order valence-electron chi connectivity index (χ2n) is 3.25. The first-order valence-electron chi connectivity index (χ1n) is 4.44. The molecule has 1 nitrogen and oxygen atoms in total. The van der Waals surface area contributed by atoms with Crippen LogP contribution in [0.3, 0.4) is 0 Å². The Morgan fingerprint density at radius 2 is 2.25 bits per heavy atom. The van der Waals surface area contributed by atoms with Crippen molar-refractivity contribution in [3.63, 3.8) is 0 Å². The van der Waals surface area contributed by atoms with E-state index in [4.69, 9.17) is 0 Å². The second kappa shape index (κ2) is 3.74. The van der Waals surface area contributed by atoms with Gasteiger partial charge in [0.2, 0.25) is 0 Å². The minimum Gasteiger partial charge on any atom is -0.372 e. The Labute approximate surface area is 73.6 Å². The molecule has 0 atom stereocenters. The molecule has 1 aliphatic carbocycles. The van der Waals surface area contributed by atoms with Crippen LogP contribution < -0.4 is 0 Å². The van der Waals surface area contributed by atoms with E-state index in [2.05, 4.69) is 18.4 Å². The summed E-state index contributed by atoms with van der Waals surface area (Å²) in [5, 5.41) is 0. The first kappa shape index (κ1) is 9.30. The van der Waals surface area contributed by atoms with Crippen molar-refractivity contribution in [3.05, 3.63) is 24.2 Å². The van der Waals surface area contributed by atoms with Crippen LogP contribution in [0.25, 0.3) is 0 Å². The smallest absolute Gasteiger partial charge is 0.117 e. The van der Waals surface area contributed by atoms with Crippen LogP contribution in [0.15, 0.2) is 24.2 Å². The Morgan fingerprint density at radius 3 is 2.58 bits per heavy atom. The molecule has 0 aromatic rings. The zero-order valence-corrected chi connectivity index (χ0v) is 7.81. The molecule has 2 heteroatoms. The third kappa shape index (κ3) is 2.36. The van der Waals surface area contributed by atoms with E-state index in [-0.39, 0.29) is 5.83 Å². The van der Waals surface area contributed by atoms with Gasteiger partial charge in [-0.3, -0.25) is 0 Å². The van der Waals surface area contributed by atoms with E-state index in [0.717, 1.165) is 12.2 Å². The van der Waals surface area contributed by atoms with Gasteiger partial charge in [0.05, 0.1) is 0 Å². The minimum absolute atomic E-state index is 0.355. The van der Waals surface area contributed by atoms with Crippen molar-refractivity contribution in [1.82, 2.24) is 4.90 Å². The summed E-state index contributed by atoms with van der Waals surface area (Å²) >= 11 is 0. The predicted octanol–water partition coefficient (Wildman–Crippen LogP) is 2.86. The van der Waals surface area contributed by atoms with E-state index in [0.29, 0.717) is 6.04 Å². The van der Waals surface area contributed by atoms with Gasteiger partial charge in [-0.05, 0) is 32.8 Å². The highest BCUT2D eigenvalue weighted by molar-refractivity contribution is 5.14. The molecule has 0 bridgehead atoms. The van der Waals surface area contributed by atoms with E-state index in [1.165, 1.54) is 18.9 Å². The molecule has 0 amide bonds. The minimum atomic E-state index is -0.355. The van der Waals surface area contributed by atoms with Crippen LogP contribution in [-0.2, 0) is 0 Å². The fraction of sp³-hybridized carbons (Fsp3) is 0.600. The third-order valence-corrected chi connectivity index (χ3v) is 2.15. The standard InChI is InChI=1S/C10H16FN/c1-4-12(10-5-6-10)9(3)7-8(2)11/h7,10H,2,4-6H2,1,3H3/b9-7+. The highest BCUT2D eigenvalue weighted by Gasteiger charge is 2.27. The van der Waals surface area contributed by atoms with Gasteiger partial charge in [0, 0.05) is 18.3 Å². The Hall–Kier alpha value is -0.790. The SMILES string of the molecule is C=C(F)/C=C(\C)N(CC)C1CC1. The molecule has 68 valence electrons. The molecule has 0 heterocycles. The van der Waals surface area contributed by atoms with Gasteiger partial charge in [-0.15, -0.1) is 0 Å². The molecule has 0 radical (unpaired) electrons. The Morgan fingerprint density at radius 1 is 1.67 bits per heavy atom. The van der Waals surface area contributed by atoms with E-state index >= 15 is 0 Å². The lowest BCUT2D eigenvalue weighted by Gasteiger charge is -2.23. The van der Waals surface area contributed by atoms with Crippen molar-refractivity contribution < 1.29 is 4.39 Å². The van der Waals surface area contributed by atoms with Gasteiger partial charge in [-0.25, -0.2) is 4.39 Å². The molecule has 1 saturated carbocycles. The summed E-state index contributed by atoms with van der Waals surface area (Å²) in [5.74, 6) is -0.355. The molecule has 0 saturated heterocycles. The monoisotopic (exact) mass is 169 g/mol. The predicted molar refractivity (Wildman–Crippen MR) is 49.4 cm³/mol. The van der Waals surface area contributed by atoms with Crippen LogP contribution in [0.2, 0.25) is 0 Å². The fourth-order valence-electron chi connectivity index (χ4n) is 1.49. The van der Waals surface area contributed by atoms with Gasteiger partial charge in [0.25, 0.3) is 0 Å². The van der Waals surface area contributed by atoms with Crippen LogP contribution in [0.1, 0.15) is 26.7 Å². The van der Waals surface area contributed by atoms with E-state index in [1.807, 2.05) is 6.92 Å². The number of nitrogens with zero attached hydrogens (tertiary/aromatic N) is 1. The van der Waals surface area contributed by atoms with Crippen molar-refractivity contribution in [3.8, 4) is 0 Å². The van der Waals surface area contributed by atoms with Gasteiger partial charge in [-0.1, -0.05) is 6.58 Å².